The molecule has 27 heavy (non-hydrogen) atoms. The molecule has 6 nitrogen and oxygen atoms in total. The third kappa shape index (κ3) is 4.85. The molecule has 1 aromatic carbocycles. The Bertz CT molecular complexity index is 825. The van der Waals surface area contributed by atoms with Gasteiger partial charge in [-0.05, 0) is 50.6 Å². The molecule has 1 N–H and O–H groups in total. The molecule has 1 atom stereocenters. The van der Waals surface area contributed by atoms with E-state index in [0.717, 1.165) is 47.8 Å². The predicted molar refractivity (Wildman–Crippen MR) is 107 cm³/mol. The average molecular weight is 385 g/mol. The number of nitrogens with one attached hydrogen (secondary N) is 1. The topological polar surface area (TPSA) is 78.2 Å². The number of likely N-dealkylation sites (tertiary alicyclic amines) is 1. The Kier molecular flexibility index (Phi) is 6.43. The molecule has 0 radical (unpaired) electrons. The summed E-state index contributed by atoms with van der Waals surface area (Å²) < 4.78 is 5.20. The Morgan fingerprint density at radius 2 is 2.22 bits per heavy atom. The van der Waals surface area contributed by atoms with E-state index in [4.69, 9.17) is 10.00 Å². The summed E-state index contributed by atoms with van der Waals surface area (Å²) in [7, 11) is 1.64. The molecule has 1 unspecified atom stereocenters. The van der Waals surface area contributed by atoms with E-state index in [1.165, 1.54) is 11.3 Å². The number of amides is 1. The number of benzene rings is 1. The van der Waals surface area contributed by atoms with Crippen LogP contribution in [0.15, 0.2) is 24.3 Å². The first-order valence-corrected chi connectivity index (χ1v) is 9.94. The molecular formula is C20H24N4O2S. The van der Waals surface area contributed by atoms with Gasteiger partial charge in [0.25, 0.3) is 0 Å². The number of piperidine rings is 1. The van der Waals surface area contributed by atoms with Crippen LogP contribution in [0.2, 0.25) is 0 Å². The summed E-state index contributed by atoms with van der Waals surface area (Å²) in [6, 6.07) is 9.93. The summed E-state index contributed by atoms with van der Waals surface area (Å²) in [5.41, 5.74) is 1.89. The standard InChI is InChI=1S/C20H24N4O2S/c1-14-18(15-6-8-17(26-2)9-7-15)22-20(27-14)23-19(25)16-5-3-11-24(13-16)12-4-10-21/h6-9,16H,3-5,11-13H2,1-2H3,(H,22,23,25). The zero-order chi connectivity index (χ0) is 19.2. The smallest absolute Gasteiger partial charge is 0.230 e. The number of nitriles is 1. The van der Waals surface area contributed by atoms with Crippen LogP contribution in [-0.4, -0.2) is 42.5 Å². The number of anilines is 1. The molecule has 1 fully saturated rings. The van der Waals surface area contributed by atoms with Crippen molar-refractivity contribution in [1.29, 1.82) is 5.26 Å². The lowest BCUT2D eigenvalue weighted by Crippen LogP contribution is -2.41. The van der Waals surface area contributed by atoms with Crippen molar-refractivity contribution in [2.24, 2.45) is 5.92 Å². The Balaban J connectivity index is 1.65. The number of hydrogen-bond acceptors (Lipinski definition) is 6. The number of rotatable bonds is 6. The van der Waals surface area contributed by atoms with Crippen LogP contribution in [-0.2, 0) is 4.79 Å². The molecule has 0 saturated carbocycles. The van der Waals surface area contributed by atoms with E-state index in [1.807, 2.05) is 31.2 Å². The lowest BCUT2D eigenvalue weighted by molar-refractivity contribution is -0.121. The lowest BCUT2D eigenvalue weighted by Gasteiger charge is -2.31. The first kappa shape index (κ1) is 19.3. The minimum atomic E-state index is -0.0499. The van der Waals surface area contributed by atoms with E-state index in [-0.39, 0.29) is 11.8 Å². The predicted octanol–water partition coefficient (Wildman–Crippen LogP) is 3.69. The van der Waals surface area contributed by atoms with E-state index >= 15 is 0 Å². The van der Waals surface area contributed by atoms with E-state index in [1.54, 1.807) is 7.11 Å². The summed E-state index contributed by atoms with van der Waals surface area (Å²) in [6.45, 7) is 4.42. The molecule has 0 bridgehead atoms. The van der Waals surface area contributed by atoms with Gasteiger partial charge in [0.15, 0.2) is 5.13 Å². The van der Waals surface area contributed by atoms with Gasteiger partial charge in [-0.3, -0.25) is 4.79 Å². The minimum Gasteiger partial charge on any atom is -0.497 e. The van der Waals surface area contributed by atoms with Gasteiger partial charge in [-0.2, -0.15) is 5.26 Å². The number of hydrogen-bond donors (Lipinski definition) is 1. The van der Waals surface area contributed by atoms with Crippen molar-refractivity contribution in [2.45, 2.75) is 26.2 Å². The first-order valence-electron chi connectivity index (χ1n) is 9.12. The maximum atomic E-state index is 12.7. The SMILES string of the molecule is COc1ccc(-c2nc(NC(=O)C3CCCN(CCC#N)C3)sc2C)cc1. The zero-order valence-corrected chi connectivity index (χ0v) is 16.5. The van der Waals surface area contributed by atoms with Crippen molar-refractivity contribution in [1.82, 2.24) is 9.88 Å². The average Bonchev–Trinajstić information content (AvgIpc) is 3.06. The number of aromatic nitrogens is 1. The van der Waals surface area contributed by atoms with Gasteiger partial charge in [0, 0.05) is 30.0 Å². The molecular weight excluding hydrogens is 360 g/mol. The maximum Gasteiger partial charge on any atom is 0.230 e. The van der Waals surface area contributed by atoms with Crippen molar-refractivity contribution < 1.29 is 9.53 Å². The van der Waals surface area contributed by atoms with Gasteiger partial charge in [-0.1, -0.05) is 0 Å². The highest BCUT2D eigenvalue weighted by atomic mass is 32.1. The molecule has 1 saturated heterocycles. The van der Waals surface area contributed by atoms with Crippen LogP contribution in [0, 0.1) is 24.2 Å². The summed E-state index contributed by atoms with van der Waals surface area (Å²) >= 11 is 1.50. The lowest BCUT2D eigenvalue weighted by atomic mass is 9.97. The van der Waals surface area contributed by atoms with E-state index < -0.39 is 0 Å². The number of carbonyl (C=O) groups is 1. The maximum absolute atomic E-state index is 12.7. The van der Waals surface area contributed by atoms with Gasteiger partial charge in [-0.15, -0.1) is 11.3 Å². The van der Waals surface area contributed by atoms with Crippen molar-refractivity contribution in [2.75, 3.05) is 32.1 Å². The molecule has 3 rings (SSSR count). The molecule has 1 aliphatic heterocycles. The van der Waals surface area contributed by atoms with Gasteiger partial charge in [0.05, 0.1) is 24.8 Å². The zero-order valence-electron chi connectivity index (χ0n) is 15.7. The molecule has 1 amide bonds. The molecule has 2 aromatic rings. The van der Waals surface area contributed by atoms with Crippen LogP contribution in [0.5, 0.6) is 5.75 Å². The monoisotopic (exact) mass is 384 g/mol. The Labute approximate surface area is 163 Å². The normalized spacial score (nSPS) is 17.3. The van der Waals surface area contributed by atoms with Crippen LogP contribution >= 0.6 is 11.3 Å². The highest BCUT2D eigenvalue weighted by molar-refractivity contribution is 7.16. The summed E-state index contributed by atoms with van der Waals surface area (Å²) in [6.07, 6.45) is 2.37. The van der Waals surface area contributed by atoms with Gasteiger partial charge in [-0.25, -0.2) is 4.98 Å². The van der Waals surface area contributed by atoms with Crippen LogP contribution in [0.1, 0.15) is 24.1 Å². The first-order chi connectivity index (χ1) is 13.1. The molecule has 142 valence electrons. The Morgan fingerprint density at radius 3 is 2.93 bits per heavy atom. The molecule has 2 heterocycles. The van der Waals surface area contributed by atoms with E-state index in [9.17, 15) is 4.79 Å². The summed E-state index contributed by atoms with van der Waals surface area (Å²) in [5, 5.41) is 12.4. The fourth-order valence-electron chi connectivity index (χ4n) is 3.35. The molecule has 0 spiro atoms. The van der Waals surface area contributed by atoms with Crippen LogP contribution in [0.3, 0.4) is 0 Å². The van der Waals surface area contributed by atoms with E-state index in [0.29, 0.717) is 18.1 Å². The largest absolute Gasteiger partial charge is 0.497 e. The summed E-state index contributed by atoms with van der Waals surface area (Å²) in [5.74, 6) is 0.774. The van der Waals surface area contributed by atoms with Crippen LogP contribution < -0.4 is 10.1 Å². The van der Waals surface area contributed by atoms with Gasteiger partial charge in [0.1, 0.15) is 5.75 Å². The van der Waals surface area contributed by atoms with Crippen molar-refractivity contribution >= 4 is 22.4 Å². The van der Waals surface area contributed by atoms with Crippen LogP contribution in [0.25, 0.3) is 11.3 Å². The molecule has 1 aliphatic rings. The minimum absolute atomic E-state index is 0.0201. The number of ether oxygens (including phenoxy) is 1. The van der Waals surface area contributed by atoms with Crippen molar-refractivity contribution in [3.63, 3.8) is 0 Å². The second-order valence-corrected chi connectivity index (χ2v) is 7.89. The highest BCUT2D eigenvalue weighted by Gasteiger charge is 2.26. The second-order valence-electron chi connectivity index (χ2n) is 6.69. The molecule has 1 aromatic heterocycles. The van der Waals surface area contributed by atoms with Crippen molar-refractivity contribution in [3.8, 4) is 23.1 Å². The molecule has 7 heteroatoms. The summed E-state index contributed by atoms with van der Waals surface area (Å²) in [4.78, 5) is 20.6. The quantitative estimate of drug-likeness (QED) is 0.822. The van der Waals surface area contributed by atoms with Gasteiger partial charge >= 0.3 is 0 Å². The Hall–Kier alpha value is -2.43. The van der Waals surface area contributed by atoms with E-state index in [2.05, 4.69) is 21.3 Å². The number of carbonyl (C=O) groups excluding carboxylic acids is 1. The number of methoxy groups -OCH3 is 1. The number of nitrogens with zero attached hydrogens (tertiary/aromatic N) is 3. The third-order valence-electron chi connectivity index (χ3n) is 4.81. The fraction of sp³-hybridized carbons (Fsp3) is 0.450. The van der Waals surface area contributed by atoms with Gasteiger partial charge < -0.3 is 15.0 Å². The fourth-order valence-corrected chi connectivity index (χ4v) is 4.19. The third-order valence-corrected chi connectivity index (χ3v) is 5.69. The van der Waals surface area contributed by atoms with Gasteiger partial charge in [0.2, 0.25) is 5.91 Å². The highest BCUT2D eigenvalue weighted by Crippen LogP contribution is 2.32. The molecule has 0 aliphatic carbocycles. The van der Waals surface area contributed by atoms with Crippen molar-refractivity contribution in [3.05, 3.63) is 29.1 Å². The Morgan fingerprint density at radius 1 is 1.44 bits per heavy atom. The number of aryl methyl sites for hydroxylation is 1. The van der Waals surface area contributed by atoms with Crippen LogP contribution in [0.4, 0.5) is 5.13 Å². The second kappa shape index (κ2) is 8.98. The number of thiazole rings is 1.